The van der Waals surface area contributed by atoms with Gasteiger partial charge in [0.15, 0.2) is 0 Å². The lowest BCUT2D eigenvalue weighted by atomic mass is 10.1. The first-order chi connectivity index (χ1) is 14.5. The highest BCUT2D eigenvalue weighted by atomic mass is 16.5. The van der Waals surface area contributed by atoms with Crippen molar-refractivity contribution in [3.8, 4) is 11.4 Å². The number of carbonyl (C=O) groups is 2. The second-order valence-electron chi connectivity index (χ2n) is 7.31. The number of hydrogen-bond donors (Lipinski definition) is 0. The Hall–Kier alpha value is -3.61. The van der Waals surface area contributed by atoms with E-state index in [9.17, 15) is 9.59 Å². The molecule has 1 aromatic heterocycles. The smallest absolute Gasteiger partial charge is 0.311 e. The van der Waals surface area contributed by atoms with Crippen LogP contribution in [-0.2, 0) is 20.9 Å². The molecule has 2 heterocycles. The summed E-state index contributed by atoms with van der Waals surface area (Å²) in [6.45, 7) is 2.40. The molecule has 1 atom stereocenters. The molecule has 30 heavy (non-hydrogen) atoms. The third-order valence-electron chi connectivity index (χ3n) is 5.17. The molecule has 0 aliphatic carbocycles. The summed E-state index contributed by atoms with van der Waals surface area (Å²) < 4.78 is 12.6. The second kappa shape index (κ2) is 8.41. The van der Waals surface area contributed by atoms with Crippen LogP contribution in [0.2, 0.25) is 0 Å². The Kier molecular flexibility index (Phi) is 5.52. The van der Waals surface area contributed by atoms with Gasteiger partial charge in [-0.1, -0.05) is 18.2 Å². The van der Waals surface area contributed by atoms with Gasteiger partial charge in [-0.05, 0) is 48.4 Å². The number of anilines is 1. The van der Waals surface area contributed by atoms with Crippen molar-refractivity contribution in [2.45, 2.75) is 20.0 Å². The van der Waals surface area contributed by atoms with E-state index in [0.717, 1.165) is 16.8 Å². The Balaban J connectivity index is 1.38. The molecular formula is C23H23N3O4. The predicted octanol–water partition coefficient (Wildman–Crippen LogP) is 3.29. The predicted molar refractivity (Wildman–Crippen MR) is 112 cm³/mol. The number of aryl methyl sites for hydroxylation is 1. The fourth-order valence-electron chi connectivity index (χ4n) is 3.55. The molecule has 154 valence electrons. The van der Waals surface area contributed by atoms with Crippen LogP contribution < -0.4 is 9.64 Å². The Morgan fingerprint density at radius 1 is 1.20 bits per heavy atom. The fraction of sp³-hybridized carbons (Fsp3) is 0.261. The Labute approximate surface area is 174 Å². The van der Waals surface area contributed by atoms with Crippen molar-refractivity contribution in [2.24, 2.45) is 5.92 Å². The van der Waals surface area contributed by atoms with Gasteiger partial charge in [0, 0.05) is 25.4 Å². The maximum Gasteiger partial charge on any atom is 0.311 e. The maximum absolute atomic E-state index is 12.6. The molecule has 0 radical (unpaired) electrons. The van der Waals surface area contributed by atoms with E-state index in [4.69, 9.17) is 9.47 Å². The van der Waals surface area contributed by atoms with Crippen molar-refractivity contribution in [1.82, 2.24) is 9.78 Å². The van der Waals surface area contributed by atoms with Gasteiger partial charge in [-0.2, -0.15) is 5.10 Å². The largest absolute Gasteiger partial charge is 0.495 e. The van der Waals surface area contributed by atoms with E-state index in [2.05, 4.69) is 5.10 Å². The number of carbonyl (C=O) groups excluding carboxylic acids is 2. The van der Waals surface area contributed by atoms with Gasteiger partial charge in [-0.15, -0.1) is 0 Å². The first kappa shape index (κ1) is 19.7. The van der Waals surface area contributed by atoms with Crippen LogP contribution in [0.5, 0.6) is 5.75 Å². The number of benzene rings is 2. The molecule has 1 aliphatic rings. The molecule has 0 bridgehead atoms. The average Bonchev–Trinajstić information content (AvgIpc) is 3.42. The Morgan fingerprint density at radius 2 is 2.00 bits per heavy atom. The lowest BCUT2D eigenvalue weighted by molar-refractivity contribution is -0.149. The average molecular weight is 405 g/mol. The van der Waals surface area contributed by atoms with Gasteiger partial charge in [-0.25, -0.2) is 4.68 Å². The molecular weight excluding hydrogens is 382 g/mol. The Bertz CT molecular complexity index is 1040. The van der Waals surface area contributed by atoms with Crippen LogP contribution in [0.4, 0.5) is 5.69 Å². The zero-order chi connectivity index (χ0) is 21.1. The highest BCUT2D eigenvalue weighted by Crippen LogP contribution is 2.34. The van der Waals surface area contributed by atoms with E-state index in [-0.39, 0.29) is 31.4 Å². The van der Waals surface area contributed by atoms with Crippen molar-refractivity contribution in [3.63, 3.8) is 0 Å². The van der Waals surface area contributed by atoms with Crippen LogP contribution in [0, 0.1) is 12.8 Å². The number of esters is 1. The first-order valence-corrected chi connectivity index (χ1v) is 9.76. The summed E-state index contributed by atoms with van der Waals surface area (Å²) in [5, 5.41) is 4.19. The standard InChI is InChI=1S/C23H23N3O4/c1-16-4-9-21(29-2)20(12-16)25-14-18(13-22(25)27)23(28)30-15-17-5-7-19(8-6-17)26-11-3-10-24-26/h3-12,18H,13-15H2,1-2H3. The minimum Gasteiger partial charge on any atom is -0.495 e. The summed E-state index contributed by atoms with van der Waals surface area (Å²) in [5.41, 5.74) is 3.51. The van der Waals surface area contributed by atoms with E-state index in [1.165, 1.54) is 0 Å². The van der Waals surface area contributed by atoms with Gasteiger partial charge < -0.3 is 14.4 Å². The summed E-state index contributed by atoms with van der Waals surface area (Å²) in [7, 11) is 1.57. The summed E-state index contributed by atoms with van der Waals surface area (Å²) in [5.74, 6) is -0.357. The molecule has 1 saturated heterocycles. The van der Waals surface area contributed by atoms with E-state index >= 15 is 0 Å². The van der Waals surface area contributed by atoms with Crippen molar-refractivity contribution >= 4 is 17.6 Å². The zero-order valence-electron chi connectivity index (χ0n) is 16.9. The molecule has 2 aromatic carbocycles. The number of methoxy groups -OCH3 is 1. The maximum atomic E-state index is 12.6. The van der Waals surface area contributed by atoms with Crippen molar-refractivity contribution < 1.29 is 19.1 Å². The van der Waals surface area contributed by atoms with Gasteiger partial charge in [0.2, 0.25) is 5.91 Å². The molecule has 7 heteroatoms. The number of aromatic nitrogens is 2. The molecule has 0 spiro atoms. The lowest BCUT2D eigenvalue weighted by Crippen LogP contribution is -2.27. The molecule has 1 fully saturated rings. The van der Waals surface area contributed by atoms with Crippen LogP contribution in [0.15, 0.2) is 60.9 Å². The molecule has 1 unspecified atom stereocenters. The molecule has 0 saturated carbocycles. The SMILES string of the molecule is COc1ccc(C)cc1N1CC(C(=O)OCc2ccc(-n3cccn3)cc2)CC1=O. The Morgan fingerprint density at radius 3 is 2.70 bits per heavy atom. The zero-order valence-corrected chi connectivity index (χ0v) is 16.9. The third kappa shape index (κ3) is 4.05. The van der Waals surface area contributed by atoms with Gasteiger partial charge in [-0.3, -0.25) is 9.59 Å². The topological polar surface area (TPSA) is 73.7 Å². The number of rotatable bonds is 6. The number of hydrogen-bond acceptors (Lipinski definition) is 5. The van der Waals surface area contributed by atoms with Gasteiger partial charge in [0.05, 0.1) is 24.4 Å². The molecule has 1 aliphatic heterocycles. The summed E-state index contributed by atoms with van der Waals surface area (Å²) >= 11 is 0. The summed E-state index contributed by atoms with van der Waals surface area (Å²) in [6.07, 6.45) is 3.71. The van der Waals surface area contributed by atoms with Gasteiger partial charge in [0.25, 0.3) is 0 Å². The molecule has 4 rings (SSSR count). The number of amides is 1. The third-order valence-corrected chi connectivity index (χ3v) is 5.17. The number of ether oxygens (including phenoxy) is 2. The number of nitrogens with zero attached hydrogens (tertiary/aromatic N) is 3. The van der Waals surface area contributed by atoms with E-state index in [1.807, 2.05) is 61.7 Å². The minimum atomic E-state index is -0.494. The fourth-order valence-corrected chi connectivity index (χ4v) is 3.55. The van der Waals surface area contributed by atoms with Gasteiger partial charge >= 0.3 is 5.97 Å². The molecule has 0 N–H and O–H groups in total. The van der Waals surface area contributed by atoms with Crippen LogP contribution >= 0.6 is 0 Å². The molecule has 1 amide bonds. The van der Waals surface area contributed by atoms with Crippen molar-refractivity contribution in [2.75, 3.05) is 18.6 Å². The van der Waals surface area contributed by atoms with Crippen molar-refractivity contribution in [3.05, 3.63) is 72.1 Å². The van der Waals surface area contributed by atoms with Crippen LogP contribution in [0.1, 0.15) is 17.5 Å². The van der Waals surface area contributed by atoms with Gasteiger partial charge in [0.1, 0.15) is 12.4 Å². The van der Waals surface area contributed by atoms with E-state index in [0.29, 0.717) is 11.4 Å². The van der Waals surface area contributed by atoms with Crippen LogP contribution in [0.25, 0.3) is 5.69 Å². The van der Waals surface area contributed by atoms with Crippen molar-refractivity contribution in [1.29, 1.82) is 0 Å². The summed E-state index contributed by atoms with van der Waals surface area (Å²) in [6, 6.07) is 15.1. The van der Waals surface area contributed by atoms with Crippen LogP contribution in [0.3, 0.4) is 0 Å². The second-order valence-corrected chi connectivity index (χ2v) is 7.31. The first-order valence-electron chi connectivity index (χ1n) is 9.76. The van der Waals surface area contributed by atoms with E-state index in [1.54, 1.807) is 22.9 Å². The molecule has 3 aromatic rings. The van der Waals surface area contributed by atoms with Crippen LogP contribution in [-0.4, -0.2) is 35.3 Å². The highest BCUT2D eigenvalue weighted by Gasteiger charge is 2.37. The monoisotopic (exact) mass is 405 g/mol. The quantitative estimate of drug-likeness (QED) is 0.589. The minimum absolute atomic E-state index is 0.107. The van der Waals surface area contributed by atoms with E-state index < -0.39 is 5.92 Å². The lowest BCUT2D eigenvalue weighted by Gasteiger charge is -2.20. The highest BCUT2D eigenvalue weighted by molar-refractivity contribution is 6.00. The summed E-state index contributed by atoms with van der Waals surface area (Å²) in [4.78, 5) is 26.7. The molecule has 7 nitrogen and oxygen atoms in total. The normalized spacial score (nSPS) is 16.0.